The number of rotatable bonds is 0. The molecule has 7 aliphatic carbocycles. The Morgan fingerprint density at radius 3 is 2.55 bits per heavy atom. The number of esters is 1. The van der Waals surface area contributed by atoms with Crippen LogP contribution >= 0.6 is 0 Å². The Balaban J connectivity index is 1.24. The summed E-state index contributed by atoms with van der Waals surface area (Å²) in [5.74, 6) is 5.76. The fraction of sp³-hybridized carbons (Fsp3) is 0.846. The van der Waals surface area contributed by atoms with Gasteiger partial charge in [0.25, 0.3) is 0 Å². The minimum Gasteiger partial charge on any atom is -0.458 e. The van der Waals surface area contributed by atoms with E-state index < -0.39 is 0 Å². The molecule has 7 fully saturated rings. The summed E-state index contributed by atoms with van der Waals surface area (Å²) >= 11 is 0. The second kappa shape index (κ2) is 4.41. The van der Waals surface area contributed by atoms with Crippen LogP contribution in [0.1, 0.15) is 71.6 Å². The highest BCUT2D eigenvalue weighted by Crippen LogP contribution is 2.83. The molecule has 2 spiro atoms. The first-order chi connectivity index (χ1) is 13.8. The number of ketones is 1. The summed E-state index contributed by atoms with van der Waals surface area (Å²) in [7, 11) is 0. The maximum absolute atomic E-state index is 12.9. The number of fused-ring (bicyclic) bond motifs is 12. The van der Waals surface area contributed by atoms with Crippen molar-refractivity contribution in [3.05, 3.63) is 11.6 Å². The van der Waals surface area contributed by atoms with Crippen LogP contribution in [0.25, 0.3) is 0 Å². The monoisotopic (exact) mass is 392 g/mol. The summed E-state index contributed by atoms with van der Waals surface area (Å²) in [5.41, 5.74) is 1.89. The van der Waals surface area contributed by atoms with Crippen LogP contribution in [0, 0.1) is 57.7 Å². The standard InChI is InChI=1S/C26H32O3/c1-23-12-25(7-8-25)19(27)11-17(23)13-9-14(13)21-16(23)3-5-24(2)22(21)15-10-18(15)26(24)6-4-20(28)29-26/h11,13-16,18,21-22H,3-10,12H2,1-2H3/t13-,14+,15+,16?,18-,21?,22?,23-,24+,26?/m1/s1. The lowest BCUT2D eigenvalue weighted by atomic mass is 9.44. The zero-order chi connectivity index (χ0) is 19.6. The van der Waals surface area contributed by atoms with Crippen LogP contribution in [0.4, 0.5) is 0 Å². The fourth-order valence-corrected chi connectivity index (χ4v) is 10.7. The van der Waals surface area contributed by atoms with E-state index >= 15 is 0 Å². The summed E-state index contributed by atoms with van der Waals surface area (Å²) < 4.78 is 6.26. The van der Waals surface area contributed by atoms with Gasteiger partial charge in [-0.1, -0.05) is 19.4 Å². The van der Waals surface area contributed by atoms with Gasteiger partial charge in [-0.2, -0.15) is 0 Å². The molecule has 3 nitrogen and oxygen atoms in total. The molecular weight excluding hydrogens is 360 g/mol. The number of carbonyl (C=O) groups excluding carboxylic acids is 2. The molecule has 154 valence electrons. The Kier molecular flexibility index (Phi) is 2.52. The maximum Gasteiger partial charge on any atom is 0.306 e. The van der Waals surface area contributed by atoms with Crippen molar-refractivity contribution in [2.24, 2.45) is 57.7 Å². The first-order valence-electron chi connectivity index (χ1n) is 12.3. The molecular formula is C26H32O3. The van der Waals surface area contributed by atoms with E-state index in [0.717, 1.165) is 55.3 Å². The lowest BCUT2D eigenvalue weighted by molar-refractivity contribution is -0.178. The van der Waals surface area contributed by atoms with Crippen LogP contribution in [0.5, 0.6) is 0 Å². The molecule has 0 amide bonds. The Hall–Kier alpha value is -1.12. The van der Waals surface area contributed by atoms with Gasteiger partial charge in [0.05, 0.1) is 0 Å². The molecule has 0 aromatic heterocycles. The predicted octanol–water partition coefficient (Wildman–Crippen LogP) is 4.70. The van der Waals surface area contributed by atoms with Crippen LogP contribution in [0.2, 0.25) is 0 Å². The minimum atomic E-state index is -0.133. The van der Waals surface area contributed by atoms with Gasteiger partial charge >= 0.3 is 5.97 Å². The lowest BCUT2D eigenvalue weighted by Crippen LogP contribution is -2.58. The van der Waals surface area contributed by atoms with Crippen LogP contribution in [0.15, 0.2) is 11.6 Å². The third-order valence-electron chi connectivity index (χ3n) is 12.0. The summed E-state index contributed by atoms with van der Waals surface area (Å²) in [6.45, 7) is 5.06. The van der Waals surface area contributed by atoms with Gasteiger partial charge in [-0.05, 0) is 98.4 Å². The van der Waals surface area contributed by atoms with Crippen LogP contribution < -0.4 is 0 Å². The van der Waals surface area contributed by atoms with Gasteiger partial charge in [0, 0.05) is 23.2 Å². The highest BCUT2D eigenvalue weighted by molar-refractivity contribution is 5.99. The summed E-state index contributed by atoms with van der Waals surface area (Å²) in [6, 6.07) is 0. The van der Waals surface area contributed by atoms with Gasteiger partial charge in [-0.15, -0.1) is 0 Å². The topological polar surface area (TPSA) is 43.4 Å². The Labute approximate surface area is 173 Å². The average Bonchev–Trinajstić information content (AvgIpc) is 3.58. The van der Waals surface area contributed by atoms with Gasteiger partial charge in [-0.3, -0.25) is 9.59 Å². The number of allylic oxidation sites excluding steroid dienone is 1. The molecule has 0 bridgehead atoms. The first kappa shape index (κ1) is 16.6. The molecule has 1 heterocycles. The lowest BCUT2D eigenvalue weighted by Gasteiger charge is -2.60. The van der Waals surface area contributed by atoms with E-state index in [9.17, 15) is 9.59 Å². The van der Waals surface area contributed by atoms with Crippen molar-refractivity contribution in [1.82, 2.24) is 0 Å². The van der Waals surface area contributed by atoms with Crippen LogP contribution in [-0.4, -0.2) is 17.4 Å². The molecule has 8 aliphatic rings. The van der Waals surface area contributed by atoms with Crippen molar-refractivity contribution in [1.29, 1.82) is 0 Å². The molecule has 1 saturated heterocycles. The van der Waals surface area contributed by atoms with Crippen molar-refractivity contribution in [2.45, 2.75) is 77.2 Å². The molecule has 8 rings (SSSR count). The number of ether oxygens (including phenoxy) is 1. The normalized spacial score (nSPS) is 61.9. The highest BCUT2D eigenvalue weighted by Gasteiger charge is 2.81. The van der Waals surface area contributed by atoms with Crippen molar-refractivity contribution < 1.29 is 14.3 Å². The molecule has 0 aromatic rings. The average molecular weight is 393 g/mol. The van der Waals surface area contributed by atoms with Gasteiger partial charge in [0.1, 0.15) is 5.60 Å². The smallest absolute Gasteiger partial charge is 0.306 e. The van der Waals surface area contributed by atoms with Gasteiger partial charge in [0.2, 0.25) is 0 Å². The van der Waals surface area contributed by atoms with E-state index in [0.29, 0.717) is 24.0 Å². The molecule has 0 radical (unpaired) electrons. The van der Waals surface area contributed by atoms with Crippen LogP contribution in [0.3, 0.4) is 0 Å². The number of hydrogen-bond donors (Lipinski definition) is 0. The second-order valence-electron chi connectivity index (χ2n) is 12.9. The summed E-state index contributed by atoms with van der Waals surface area (Å²) in [6.07, 6.45) is 12.3. The van der Waals surface area contributed by atoms with Crippen molar-refractivity contribution in [3.8, 4) is 0 Å². The number of carbonyl (C=O) groups is 2. The molecule has 0 aromatic carbocycles. The summed E-state index contributed by atoms with van der Waals surface area (Å²) in [5, 5.41) is 0. The largest absolute Gasteiger partial charge is 0.458 e. The third-order valence-corrected chi connectivity index (χ3v) is 12.0. The van der Waals surface area contributed by atoms with E-state index in [2.05, 4.69) is 19.9 Å². The summed E-state index contributed by atoms with van der Waals surface area (Å²) in [4.78, 5) is 25.1. The molecule has 6 saturated carbocycles. The van der Waals surface area contributed by atoms with E-state index in [1.165, 1.54) is 25.7 Å². The van der Waals surface area contributed by atoms with E-state index in [1.807, 2.05) is 0 Å². The molecule has 1 aliphatic heterocycles. The fourth-order valence-electron chi connectivity index (χ4n) is 10.7. The first-order valence-corrected chi connectivity index (χ1v) is 12.3. The zero-order valence-electron chi connectivity index (χ0n) is 17.7. The van der Waals surface area contributed by atoms with E-state index in [1.54, 1.807) is 5.57 Å². The SMILES string of the molecule is C[C@]12CC3(CC3)C(=O)C=C1[C@@H]1C[C@@H]1C1C2CC[C@@]2(C)C1[C@H]1C[C@H]1C21CCC(=O)O1. The Morgan fingerprint density at radius 2 is 1.83 bits per heavy atom. The minimum absolute atomic E-state index is 0.0191. The van der Waals surface area contributed by atoms with E-state index in [-0.39, 0.29) is 27.8 Å². The Morgan fingerprint density at radius 1 is 1.00 bits per heavy atom. The van der Waals surface area contributed by atoms with Crippen molar-refractivity contribution in [3.63, 3.8) is 0 Å². The van der Waals surface area contributed by atoms with Crippen molar-refractivity contribution in [2.75, 3.05) is 0 Å². The number of hydrogen-bond acceptors (Lipinski definition) is 3. The molecule has 29 heavy (non-hydrogen) atoms. The molecule has 10 atom stereocenters. The highest BCUT2D eigenvalue weighted by atomic mass is 16.6. The van der Waals surface area contributed by atoms with Crippen LogP contribution in [-0.2, 0) is 14.3 Å². The second-order valence-corrected chi connectivity index (χ2v) is 12.9. The zero-order valence-corrected chi connectivity index (χ0v) is 17.7. The molecule has 3 heteroatoms. The Bertz CT molecular complexity index is 928. The maximum atomic E-state index is 12.9. The molecule has 4 unspecified atom stereocenters. The predicted molar refractivity (Wildman–Crippen MR) is 107 cm³/mol. The van der Waals surface area contributed by atoms with E-state index in [4.69, 9.17) is 4.74 Å². The van der Waals surface area contributed by atoms with Gasteiger partial charge in [-0.25, -0.2) is 0 Å². The quantitative estimate of drug-likeness (QED) is 0.562. The molecule has 0 N–H and O–H groups in total. The van der Waals surface area contributed by atoms with Gasteiger partial charge < -0.3 is 4.74 Å². The van der Waals surface area contributed by atoms with Gasteiger partial charge in [0.15, 0.2) is 5.78 Å². The van der Waals surface area contributed by atoms with Crippen molar-refractivity contribution >= 4 is 11.8 Å². The third kappa shape index (κ3) is 1.60.